The lowest BCUT2D eigenvalue weighted by Gasteiger charge is -2.19. The van der Waals surface area contributed by atoms with E-state index in [1.807, 2.05) is 24.3 Å². The quantitative estimate of drug-likeness (QED) is 0.538. The number of aliphatic carboxylic acids is 1. The summed E-state index contributed by atoms with van der Waals surface area (Å²) in [6.07, 6.45) is 1.85. The molecule has 27 heavy (non-hydrogen) atoms. The number of carbonyl (C=O) groups excluding carboxylic acids is 1. The van der Waals surface area contributed by atoms with Gasteiger partial charge in [0.1, 0.15) is 0 Å². The van der Waals surface area contributed by atoms with Gasteiger partial charge in [-0.1, -0.05) is 12.1 Å². The molecule has 0 spiro atoms. The number of benzene rings is 2. The number of hydrogen-bond acceptors (Lipinski definition) is 3. The van der Waals surface area contributed by atoms with Crippen LogP contribution in [0, 0.1) is 34.6 Å². The van der Waals surface area contributed by atoms with E-state index >= 15 is 0 Å². The van der Waals surface area contributed by atoms with E-state index in [-0.39, 0.29) is 0 Å². The lowest BCUT2D eigenvalue weighted by molar-refractivity contribution is -0.131. The largest absolute Gasteiger partial charge is 0.478 e. The number of thioether (sulfide) groups is 1. The summed E-state index contributed by atoms with van der Waals surface area (Å²) >= 11 is 1.66. The standard InChI is InChI=1S/C22H25NO3S/c1-13-14(2)16(4)18(17(5)15(13)3)12-27-20-9-7-6-8-19(20)23-21(24)10-11-22(25)26/h6-11H,12H2,1-5H3,(H,23,24)(H,25,26). The summed E-state index contributed by atoms with van der Waals surface area (Å²) in [7, 11) is 0. The molecule has 0 unspecified atom stereocenters. The zero-order valence-electron chi connectivity index (χ0n) is 16.3. The van der Waals surface area contributed by atoms with Gasteiger partial charge in [-0.2, -0.15) is 0 Å². The highest BCUT2D eigenvalue weighted by atomic mass is 32.2. The minimum Gasteiger partial charge on any atom is -0.478 e. The molecular weight excluding hydrogens is 358 g/mol. The number of hydrogen-bond donors (Lipinski definition) is 2. The maximum absolute atomic E-state index is 11.9. The Labute approximate surface area is 164 Å². The third kappa shape index (κ3) is 5.01. The molecule has 2 N–H and O–H groups in total. The second-order valence-corrected chi connectivity index (χ2v) is 7.57. The van der Waals surface area contributed by atoms with Crippen molar-refractivity contribution in [1.29, 1.82) is 0 Å². The number of carboxylic acid groups (broad SMARTS) is 1. The Morgan fingerprint density at radius 1 is 0.926 bits per heavy atom. The van der Waals surface area contributed by atoms with E-state index in [4.69, 9.17) is 5.11 Å². The van der Waals surface area contributed by atoms with Gasteiger partial charge in [-0.15, -0.1) is 11.8 Å². The predicted octanol–water partition coefficient (Wildman–Crippen LogP) is 5.10. The highest BCUT2D eigenvalue weighted by molar-refractivity contribution is 7.98. The number of nitrogens with one attached hydrogen (secondary N) is 1. The smallest absolute Gasteiger partial charge is 0.328 e. The average Bonchev–Trinajstić information content (AvgIpc) is 2.64. The number of para-hydroxylation sites is 1. The van der Waals surface area contributed by atoms with E-state index in [1.165, 1.54) is 33.4 Å². The van der Waals surface area contributed by atoms with Crippen molar-refractivity contribution in [2.45, 2.75) is 45.3 Å². The fourth-order valence-electron chi connectivity index (χ4n) is 2.96. The molecule has 0 heterocycles. The minimum atomic E-state index is -1.15. The summed E-state index contributed by atoms with van der Waals surface area (Å²) in [5.74, 6) is -0.805. The fourth-order valence-corrected chi connectivity index (χ4v) is 4.14. The first-order valence-electron chi connectivity index (χ1n) is 8.72. The van der Waals surface area contributed by atoms with Gasteiger partial charge in [0, 0.05) is 22.8 Å². The summed E-state index contributed by atoms with van der Waals surface area (Å²) < 4.78 is 0. The molecular formula is C22H25NO3S. The van der Waals surface area contributed by atoms with E-state index < -0.39 is 11.9 Å². The molecule has 0 saturated carbocycles. The van der Waals surface area contributed by atoms with Gasteiger partial charge in [-0.3, -0.25) is 4.79 Å². The van der Waals surface area contributed by atoms with Gasteiger partial charge >= 0.3 is 5.97 Å². The third-order valence-electron chi connectivity index (χ3n) is 5.05. The van der Waals surface area contributed by atoms with Crippen LogP contribution in [0.4, 0.5) is 5.69 Å². The second kappa shape index (κ2) is 8.91. The van der Waals surface area contributed by atoms with Crippen molar-refractivity contribution in [2.75, 3.05) is 5.32 Å². The van der Waals surface area contributed by atoms with Crippen LogP contribution in [0.5, 0.6) is 0 Å². The highest BCUT2D eigenvalue weighted by Crippen LogP contribution is 2.34. The van der Waals surface area contributed by atoms with Crippen molar-refractivity contribution in [1.82, 2.24) is 0 Å². The first kappa shape index (κ1) is 20.8. The number of carbonyl (C=O) groups is 2. The van der Waals surface area contributed by atoms with Crippen LogP contribution in [0.1, 0.15) is 33.4 Å². The first-order chi connectivity index (χ1) is 12.7. The molecule has 0 fully saturated rings. The Bertz CT molecular complexity index is 887. The highest BCUT2D eigenvalue weighted by Gasteiger charge is 2.13. The van der Waals surface area contributed by atoms with Gasteiger partial charge in [0.2, 0.25) is 5.91 Å². The van der Waals surface area contributed by atoms with E-state index in [0.717, 1.165) is 22.8 Å². The minimum absolute atomic E-state index is 0.458. The summed E-state index contributed by atoms with van der Waals surface area (Å²) in [5.41, 5.74) is 8.63. The number of anilines is 1. The van der Waals surface area contributed by atoms with Crippen LogP contribution in [0.2, 0.25) is 0 Å². The molecule has 0 aromatic heterocycles. The molecule has 0 bridgehead atoms. The van der Waals surface area contributed by atoms with Crippen molar-refractivity contribution in [3.05, 3.63) is 69.8 Å². The van der Waals surface area contributed by atoms with Crippen molar-refractivity contribution >= 4 is 29.3 Å². The molecule has 0 aliphatic heterocycles. The molecule has 4 nitrogen and oxygen atoms in total. The molecule has 0 radical (unpaired) electrons. The molecule has 1 amide bonds. The molecule has 2 aromatic rings. The van der Waals surface area contributed by atoms with Gasteiger partial charge in [-0.05, 0) is 80.1 Å². The SMILES string of the molecule is Cc1c(C)c(C)c(CSc2ccccc2NC(=O)C=CC(=O)O)c(C)c1C. The van der Waals surface area contributed by atoms with Crippen LogP contribution in [-0.2, 0) is 15.3 Å². The predicted molar refractivity (Wildman–Crippen MR) is 112 cm³/mol. The average molecular weight is 384 g/mol. The van der Waals surface area contributed by atoms with Crippen molar-refractivity contribution in [2.24, 2.45) is 0 Å². The molecule has 0 saturated heterocycles. The van der Waals surface area contributed by atoms with Crippen molar-refractivity contribution in [3.63, 3.8) is 0 Å². The molecule has 0 aliphatic carbocycles. The Hall–Kier alpha value is -2.53. The van der Waals surface area contributed by atoms with E-state index in [0.29, 0.717) is 5.69 Å². The van der Waals surface area contributed by atoms with Gasteiger partial charge in [0.25, 0.3) is 0 Å². The van der Waals surface area contributed by atoms with Crippen LogP contribution in [0.3, 0.4) is 0 Å². The summed E-state index contributed by atoms with van der Waals surface area (Å²) in [6, 6.07) is 7.55. The zero-order chi connectivity index (χ0) is 20.1. The van der Waals surface area contributed by atoms with Crippen LogP contribution in [-0.4, -0.2) is 17.0 Å². The Balaban J connectivity index is 2.23. The molecule has 2 aromatic carbocycles. The van der Waals surface area contributed by atoms with Crippen molar-refractivity contribution < 1.29 is 14.7 Å². The monoisotopic (exact) mass is 383 g/mol. The van der Waals surface area contributed by atoms with Crippen LogP contribution < -0.4 is 5.32 Å². The molecule has 142 valence electrons. The van der Waals surface area contributed by atoms with E-state index in [1.54, 1.807) is 11.8 Å². The molecule has 0 atom stereocenters. The summed E-state index contributed by atoms with van der Waals surface area (Å²) in [6.45, 7) is 10.8. The number of rotatable bonds is 6. The maximum atomic E-state index is 11.9. The number of carboxylic acids is 1. The number of amides is 1. The lowest BCUT2D eigenvalue weighted by Crippen LogP contribution is -2.09. The van der Waals surface area contributed by atoms with Crippen LogP contribution >= 0.6 is 11.8 Å². The van der Waals surface area contributed by atoms with Crippen LogP contribution in [0.15, 0.2) is 41.3 Å². The van der Waals surface area contributed by atoms with Gasteiger partial charge < -0.3 is 10.4 Å². The van der Waals surface area contributed by atoms with E-state index in [9.17, 15) is 9.59 Å². The van der Waals surface area contributed by atoms with Gasteiger partial charge in [-0.25, -0.2) is 4.79 Å². The van der Waals surface area contributed by atoms with Crippen molar-refractivity contribution in [3.8, 4) is 0 Å². The Morgan fingerprint density at radius 3 is 2.07 bits per heavy atom. The Kier molecular flexibility index (Phi) is 6.86. The maximum Gasteiger partial charge on any atom is 0.328 e. The van der Waals surface area contributed by atoms with Gasteiger partial charge in [0.05, 0.1) is 5.69 Å². The molecule has 2 rings (SSSR count). The third-order valence-corrected chi connectivity index (χ3v) is 6.15. The first-order valence-corrected chi connectivity index (χ1v) is 9.70. The topological polar surface area (TPSA) is 66.4 Å². The fraction of sp³-hybridized carbons (Fsp3) is 0.273. The lowest BCUT2D eigenvalue weighted by atomic mass is 9.90. The summed E-state index contributed by atoms with van der Waals surface area (Å²) in [5, 5.41) is 11.4. The molecule has 5 heteroatoms. The van der Waals surface area contributed by atoms with E-state index in [2.05, 4.69) is 39.9 Å². The second-order valence-electron chi connectivity index (χ2n) is 6.55. The van der Waals surface area contributed by atoms with Crippen LogP contribution in [0.25, 0.3) is 0 Å². The zero-order valence-corrected chi connectivity index (χ0v) is 17.2. The Morgan fingerprint density at radius 2 is 1.48 bits per heavy atom. The molecule has 0 aliphatic rings. The van der Waals surface area contributed by atoms with Gasteiger partial charge in [0.15, 0.2) is 0 Å². The summed E-state index contributed by atoms with van der Waals surface area (Å²) in [4.78, 5) is 23.4. The normalized spacial score (nSPS) is 11.0.